The number of carbonyl (C=O) groups is 1. The number of carboxylic acid groups (broad SMARTS) is 1. The van der Waals surface area contributed by atoms with Crippen LogP contribution in [0.25, 0.3) is 11.2 Å². The van der Waals surface area contributed by atoms with Gasteiger partial charge in [0.15, 0.2) is 11.3 Å². The Morgan fingerprint density at radius 2 is 1.90 bits per heavy atom. The number of piperidine rings is 1. The van der Waals surface area contributed by atoms with Crippen molar-refractivity contribution in [3.8, 4) is 5.88 Å². The molecule has 2 atom stereocenters. The molecule has 2 fully saturated rings. The largest absolute Gasteiger partial charge is 0.477 e. The zero-order valence-electron chi connectivity index (χ0n) is 22.7. The van der Waals surface area contributed by atoms with E-state index in [1.54, 1.807) is 12.1 Å². The van der Waals surface area contributed by atoms with Crippen LogP contribution in [-0.4, -0.2) is 61.3 Å². The first-order valence-electron chi connectivity index (χ1n) is 13.9. The topological polar surface area (TPSA) is 103 Å². The fourth-order valence-corrected chi connectivity index (χ4v) is 5.56. The van der Waals surface area contributed by atoms with Crippen molar-refractivity contribution < 1.29 is 28.2 Å². The standard InChI is InChI=1S/C30H31F2N5O4/c1-18(28-34-25-7-8-26(30(38)39)35-29(25)37(28)16-22-11-14-40-22)36-12-9-19(10-13-36)24-3-2-4-27(33-24)41-17-20-15-21(31)5-6-23(20)32/h2-8,15,18-19,22H,9-14,16-17H2,1H3,(H,38,39)/t18?,22-/m0/s1. The molecule has 0 aliphatic carbocycles. The van der Waals surface area contributed by atoms with Gasteiger partial charge in [0.25, 0.3) is 0 Å². The van der Waals surface area contributed by atoms with Gasteiger partial charge >= 0.3 is 5.97 Å². The molecule has 0 bridgehead atoms. The molecular weight excluding hydrogens is 532 g/mol. The van der Waals surface area contributed by atoms with Crippen LogP contribution >= 0.6 is 0 Å². The van der Waals surface area contributed by atoms with Crippen LogP contribution in [0.2, 0.25) is 0 Å². The summed E-state index contributed by atoms with van der Waals surface area (Å²) in [6.45, 7) is 4.97. The molecule has 2 saturated heterocycles. The van der Waals surface area contributed by atoms with E-state index in [1.165, 1.54) is 6.07 Å². The summed E-state index contributed by atoms with van der Waals surface area (Å²) >= 11 is 0. The second kappa shape index (κ2) is 11.5. The molecule has 3 aromatic heterocycles. The zero-order chi connectivity index (χ0) is 28.5. The van der Waals surface area contributed by atoms with Gasteiger partial charge in [0.2, 0.25) is 5.88 Å². The molecule has 214 valence electrons. The number of ether oxygens (including phenoxy) is 2. The number of halogens is 2. The van der Waals surface area contributed by atoms with Gasteiger partial charge in [-0.25, -0.2) is 28.5 Å². The lowest BCUT2D eigenvalue weighted by Gasteiger charge is -2.36. The first-order chi connectivity index (χ1) is 19.9. The number of aromatic nitrogens is 4. The molecule has 0 amide bonds. The fraction of sp³-hybridized carbons (Fsp3) is 0.400. The molecule has 0 saturated carbocycles. The fourth-order valence-electron chi connectivity index (χ4n) is 5.56. The van der Waals surface area contributed by atoms with Gasteiger partial charge in [-0.3, -0.25) is 4.90 Å². The molecule has 9 nitrogen and oxygen atoms in total. The molecule has 1 unspecified atom stereocenters. The van der Waals surface area contributed by atoms with Crippen molar-refractivity contribution >= 4 is 17.1 Å². The monoisotopic (exact) mass is 563 g/mol. The smallest absolute Gasteiger partial charge is 0.354 e. The number of aromatic carboxylic acids is 1. The lowest BCUT2D eigenvalue weighted by atomic mass is 9.92. The van der Waals surface area contributed by atoms with Crippen LogP contribution in [0.15, 0.2) is 48.5 Å². The molecule has 41 heavy (non-hydrogen) atoms. The van der Waals surface area contributed by atoms with Crippen LogP contribution < -0.4 is 4.74 Å². The Hall–Kier alpha value is -3.96. The van der Waals surface area contributed by atoms with Gasteiger partial charge in [-0.05, 0) is 75.7 Å². The third kappa shape index (κ3) is 5.77. The second-order valence-corrected chi connectivity index (χ2v) is 10.6. The minimum absolute atomic E-state index is 0.00651. The van der Waals surface area contributed by atoms with Gasteiger partial charge in [0.1, 0.15) is 29.6 Å². The van der Waals surface area contributed by atoms with Crippen LogP contribution in [0.5, 0.6) is 5.88 Å². The third-order valence-corrected chi connectivity index (χ3v) is 8.02. The predicted molar refractivity (Wildman–Crippen MR) is 146 cm³/mol. The quantitative estimate of drug-likeness (QED) is 0.300. The Morgan fingerprint density at radius 3 is 2.63 bits per heavy atom. The highest BCUT2D eigenvalue weighted by atomic mass is 19.1. The highest BCUT2D eigenvalue weighted by Crippen LogP contribution is 2.33. The number of nitrogens with zero attached hydrogens (tertiary/aromatic N) is 5. The Morgan fingerprint density at radius 1 is 1.10 bits per heavy atom. The Kier molecular flexibility index (Phi) is 7.63. The van der Waals surface area contributed by atoms with Crippen LogP contribution in [0.1, 0.15) is 65.7 Å². The highest BCUT2D eigenvalue weighted by Gasteiger charge is 2.30. The van der Waals surface area contributed by atoms with Crippen molar-refractivity contribution in [2.75, 3.05) is 19.7 Å². The van der Waals surface area contributed by atoms with E-state index in [4.69, 9.17) is 14.5 Å². The summed E-state index contributed by atoms with van der Waals surface area (Å²) in [5, 5.41) is 9.47. The van der Waals surface area contributed by atoms with Gasteiger partial charge < -0.3 is 19.1 Å². The van der Waals surface area contributed by atoms with Crippen molar-refractivity contribution in [2.24, 2.45) is 0 Å². The van der Waals surface area contributed by atoms with Crippen LogP contribution in [-0.2, 0) is 17.9 Å². The van der Waals surface area contributed by atoms with E-state index >= 15 is 0 Å². The molecule has 1 aromatic carbocycles. The average molecular weight is 564 g/mol. The average Bonchev–Trinajstić information content (AvgIpc) is 3.32. The number of pyridine rings is 2. The number of hydrogen-bond donors (Lipinski definition) is 1. The Balaban J connectivity index is 1.14. The molecule has 2 aliphatic rings. The van der Waals surface area contributed by atoms with Crippen molar-refractivity contribution in [3.63, 3.8) is 0 Å². The number of rotatable bonds is 9. The second-order valence-electron chi connectivity index (χ2n) is 10.6. The van der Waals surface area contributed by atoms with E-state index in [2.05, 4.69) is 21.8 Å². The number of benzene rings is 1. The lowest BCUT2D eigenvalue weighted by molar-refractivity contribution is -0.0595. The molecule has 1 N–H and O–H groups in total. The minimum atomic E-state index is -1.07. The summed E-state index contributed by atoms with van der Waals surface area (Å²) in [6.07, 6.45) is 2.78. The minimum Gasteiger partial charge on any atom is -0.477 e. The number of hydrogen-bond acceptors (Lipinski definition) is 7. The zero-order valence-corrected chi connectivity index (χ0v) is 22.7. The first-order valence-corrected chi connectivity index (χ1v) is 13.9. The SMILES string of the molecule is CC(c1nc2ccc(C(=O)O)nc2n1C[C@@H]1CCO1)N1CCC(c2cccc(OCc3cc(F)ccc3F)n2)CC1. The third-order valence-electron chi connectivity index (χ3n) is 8.02. The van der Waals surface area contributed by atoms with Crippen LogP contribution in [0.4, 0.5) is 8.78 Å². The van der Waals surface area contributed by atoms with Crippen molar-refractivity contribution in [1.29, 1.82) is 0 Å². The van der Waals surface area contributed by atoms with Gasteiger partial charge in [0, 0.05) is 29.8 Å². The molecular formula is C30H31F2N5O4. The molecule has 11 heteroatoms. The number of imidazole rings is 1. The summed E-state index contributed by atoms with van der Waals surface area (Å²) in [5.74, 6) is -0.642. The van der Waals surface area contributed by atoms with Gasteiger partial charge in [-0.15, -0.1) is 0 Å². The maximum Gasteiger partial charge on any atom is 0.354 e. The number of fused-ring (bicyclic) bond motifs is 1. The molecule has 2 aliphatic heterocycles. The normalized spacial score (nSPS) is 18.8. The van der Waals surface area contributed by atoms with Gasteiger partial charge in [-0.1, -0.05) is 6.07 Å². The van der Waals surface area contributed by atoms with Crippen molar-refractivity contribution in [1.82, 2.24) is 24.4 Å². The van der Waals surface area contributed by atoms with Gasteiger partial charge in [0.05, 0.1) is 18.7 Å². The summed E-state index contributed by atoms with van der Waals surface area (Å²) < 4.78 is 40.9. The maximum absolute atomic E-state index is 14.0. The summed E-state index contributed by atoms with van der Waals surface area (Å²) in [5.41, 5.74) is 2.28. The van der Waals surface area contributed by atoms with Crippen LogP contribution in [0, 0.1) is 11.6 Å². The summed E-state index contributed by atoms with van der Waals surface area (Å²) in [7, 11) is 0. The maximum atomic E-state index is 14.0. The van der Waals surface area contributed by atoms with E-state index < -0.39 is 17.6 Å². The van der Waals surface area contributed by atoms with E-state index in [0.29, 0.717) is 23.6 Å². The highest BCUT2D eigenvalue weighted by molar-refractivity contribution is 5.88. The van der Waals surface area contributed by atoms with Crippen molar-refractivity contribution in [3.05, 3.63) is 82.9 Å². The molecule has 0 spiro atoms. The molecule has 0 radical (unpaired) electrons. The van der Waals surface area contributed by atoms with E-state index in [1.807, 2.05) is 16.7 Å². The van der Waals surface area contributed by atoms with E-state index in [-0.39, 0.29) is 35.9 Å². The predicted octanol–water partition coefficient (Wildman–Crippen LogP) is 5.11. The summed E-state index contributed by atoms with van der Waals surface area (Å²) in [4.78, 5) is 27.9. The van der Waals surface area contributed by atoms with E-state index in [9.17, 15) is 18.7 Å². The summed E-state index contributed by atoms with van der Waals surface area (Å²) in [6, 6.07) is 12.1. The molecule has 4 aromatic rings. The van der Waals surface area contributed by atoms with Crippen LogP contribution in [0.3, 0.4) is 0 Å². The number of carboxylic acids is 1. The molecule has 5 heterocycles. The number of likely N-dealkylation sites (tertiary alicyclic amines) is 1. The molecule has 6 rings (SSSR count). The lowest BCUT2D eigenvalue weighted by Crippen LogP contribution is -2.37. The Labute approximate surface area is 235 Å². The van der Waals surface area contributed by atoms with Gasteiger partial charge in [-0.2, -0.15) is 0 Å². The van der Waals surface area contributed by atoms with Crippen molar-refractivity contribution in [2.45, 2.75) is 57.4 Å². The Bertz CT molecular complexity index is 1570. The van der Waals surface area contributed by atoms with E-state index in [0.717, 1.165) is 68.7 Å². The first kappa shape index (κ1) is 27.2.